The van der Waals surface area contributed by atoms with Crippen LogP contribution in [0.15, 0.2) is 48.7 Å². The van der Waals surface area contributed by atoms with Gasteiger partial charge in [0.2, 0.25) is 11.8 Å². The quantitative estimate of drug-likeness (QED) is 0.580. The largest absolute Gasteiger partial charge is 0.356 e. The smallest absolute Gasteiger partial charge is 0.227 e. The molecule has 0 aliphatic rings. The number of fused-ring (bicyclic) bond motifs is 1. The number of H-pyrrole nitrogens is 1. The second-order valence-electron chi connectivity index (χ2n) is 5.92. The monoisotopic (exact) mass is 351 g/mol. The minimum absolute atomic E-state index is 0.0632. The van der Waals surface area contributed by atoms with Crippen LogP contribution in [-0.4, -0.2) is 33.3 Å². The minimum Gasteiger partial charge on any atom is -0.356 e. The highest BCUT2D eigenvalue weighted by atomic mass is 16.2. The summed E-state index contributed by atoms with van der Waals surface area (Å²) in [6, 6.07) is 13.1. The van der Waals surface area contributed by atoms with Crippen LogP contribution in [0.1, 0.15) is 25.1 Å². The first-order chi connectivity index (χ1) is 12.7. The number of aromatic amines is 1. The van der Waals surface area contributed by atoms with Gasteiger partial charge in [-0.05, 0) is 30.7 Å². The molecule has 3 rings (SSSR count). The number of hydrogen-bond acceptors (Lipinski definition) is 4. The van der Waals surface area contributed by atoms with Gasteiger partial charge in [-0.1, -0.05) is 18.2 Å². The van der Waals surface area contributed by atoms with E-state index in [1.807, 2.05) is 24.3 Å². The van der Waals surface area contributed by atoms with Crippen LogP contribution in [0.5, 0.6) is 0 Å². The number of carbonyl (C=O) groups excluding carboxylic acids is 2. The average Bonchev–Trinajstić information content (AvgIpc) is 3.05. The van der Waals surface area contributed by atoms with E-state index >= 15 is 0 Å². The second kappa shape index (κ2) is 8.75. The standard InChI is InChI=1S/C19H21N5O2/c25-18(21-13-11-19(26)24-16-8-3-4-12-20-16)10-5-9-17-22-14-6-1-2-7-15(14)23-17/h1-4,6-8,12H,5,9-11,13H2,(H,21,25)(H,22,23)(H,20,24,26). The fourth-order valence-electron chi connectivity index (χ4n) is 2.59. The molecule has 1 aromatic carbocycles. The SMILES string of the molecule is O=C(CCCc1nc2ccccc2[nH]1)NCCC(=O)Nc1ccccn1. The van der Waals surface area contributed by atoms with Gasteiger partial charge in [-0.2, -0.15) is 0 Å². The highest BCUT2D eigenvalue weighted by molar-refractivity contribution is 5.90. The van der Waals surface area contributed by atoms with Crippen LogP contribution >= 0.6 is 0 Å². The number of para-hydroxylation sites is 2. The van der Waals surface area contributed by atoms with E-state index in [1.54, 1.807) is 24.4 Å². The summed E-state index contributed by atoms with van der Waals surface area (Å²) in [5, 5.41) is 5.44. The third kappa shape index (κ3) is 5.14. The maximum absolute atomic E-state index is 11.9. The fraction of sp³-hybridized carbons (Fsp3) is 0.263. The number of aromatic nitrogens is 3. The van der Waals surface area contributed by atoms with Gasteiger partial charge in [0.05, 0.1) is 11.0 Å². The first kappa shape index (κ1) is 17.6. The third-order valence-corrected chi connectivity index (χ3v) is 3.86. The zero-order valence-electron chi connectivity index (χ0n) is 14.4. The zero-order valence-corrected chi connectivity index (χ0v) is 14.4. The summed E-state index contributed by atoms with van der Waals surface area (Å²) in [7, 11) is 0. The number of amides is 2. The molecule has 0 atom stereocenters. The van der Waals surface area contributed by atoms with Gasteiger partial charge < -0.3 is 15.6 Å². The van der Waals surface area contributed by atoms with Crippen LogP contribution in [0.25, 0.3) is 11.0 Å². The average molecular weight is 351 g/mol. The predicted molar refractivity (Wildman–Crippen MR) is 99.5 cm³/mol. The number of nitrogens with zero attached hydrogens (tertiary/aromatic N) is 2. The molecule has 2 amide bonds. The molecule has 134 valence electrons. The first-order valence-electron chi connectivity index (χ1n) is 8.62. The number of hydrogen-bond donors (Lipinski definition) is 3. The second-order valence-corrected chi connectivity index (χ2v) is 5.92. The van der Waals surface area contributed by atoms with Gasteiger partial charge in [-0.15, -0.1) is 0 Å². The van der Waals surface area contributed by atoms with E-state index in [1.165, 1.54) is 0 Å². The summed E-state index contributed by atoms with van der Waals surface area (Å²) >= 11 is 0. The number of pyridine rings is 1. The van der Waals surface area contributed by atoms with Gasteiger partial charge in [0.1, 0.15) is 11.6 Å². The molecular weight excluding hydrogens is 330 g/mol. The van der Waals surface area contributed by atoms with E-state index in [4.69, 9.17) is 0 Å². The molecule has 0 radical (unpaired) electrons. The Morgan fingerprint density at radius 2 is 1.85 bits per heavy atom. The summed E-state index contributed by atoms with van der Waals surface area (Å²) in [5.41, 5.74) is 1.94. The lowest BCUT2D eigenvalue weighted by Gasteiger charge is -2.06. The van der Waals surface area contributed by atoms with Crippen molar-refractivity contribution in [1.82, 2.24) is 20.3 Å². The molecule has 0 aliphatic heterocycles. The van der Waals surface area contributed by atoms with E-state index in [-0.39, 0.29) is 18.2 Å². The van der Waals surface area contributed by atoms with Crippen molar-refractivity contribution in [2.24, 2.45) is 0 Å². The molecule has 7 heteroatoms. The Balaban J connectivity index is 1.32. The Hall–Kier alpha value is -3.22. The van der Waals surface area contributed by atoms with Crippen molar-refractivity contribution in [2.45, 2.75) is 25.7 Å². The van der Waals surface area contributed by atoms with Gasteiger partial charge in [0.15, 0.2) is 0 Å². The molecule has 2 heterocycles. The highest BCUT2D eigenvalue weighted by Gasteiger charge is 2.07. The van der Waals surface area contributed by atoms with Crippen LogP contribution < -0.4 is 10.6 Å². The van der Waals surface area contributed by atoms with Gasteiger partial charge in [0.25, 0.3) is 0 Å². The van der Waals surface area contributed by atoms with Crippen LogP contribution in [0.2, 0.25) is 0 Å². The molecule has 0 saturated heterocycles. The van der Waals surface area contributed by atoms with Gasteiger partial charge in [0, 0.05) is 32.0 Å². The Morgan fingerprint density at radius 1 is 1.00 bits per heavy atom. The van der Waals surface area contributed by atoms with E-state index in [9.17, 15) is 9.59 Å². The summed E-state index contributed by atoms with van der Waals surface area (Å²) in [4.78, 5) is 35.4. The Kier molecular flexibility index (Phi) is 5.92. The van der Waals surface area contributed by atoms with Crippen molar-refractivity contribution in [3.05, 3.63) is 54.5 Å². The lowest BCUT2D eigenvalue weighted by Crippen LogP contribution is -2.27. The number of imidazole rings is 1. The molecule has 0 fully saturated rings. The molecular formula is C19H21N5O2. The van der Waals surface area contributed by atoms with Gasteiger partial charge >= 0.3 is 0 Å². The van der Waals surface area contributed by atoms with Crippen LogP contribution in [0.3, 0.4) is 0 Å². The number of anilines is 1. The van der Waals surface area contributed by atoms with Crippen molar-refractivity contribution in [3.8, 4) is 0 Å². The van der Waals surface area contributed by atoms with Crippen molar-refractivity contribution in [1.29, 1.82) is 0 Å². The van der Waals surface area contributed by atoms with Crippen molar-refractivity contribution < 1.29 is 9.59 Å². The van der Waals surface area contributed by atoms with Crippen LogP contribution in [0.4, 0.5) is 5.82 Å². The molecule has 3 N–H and O–H groups in total. The van der Waals surface area contributed by atoms with Crippen LogP contribution in [0, 0.1) is 0 Å². The van der Waals surface area contributed by atoms with Crippen molar-refractivity contribution in [2.75, 3.05) is 11.9 Å². The van der Waals surface area contributed by atoms with E-state index in [2.05, 4.69) is 25.6 Å². The lowest BCUT2D eigenvalue weighted by atomic mass is 10.2. The maximum Gasteiger partial charge on any atom is 0.227 e. The predicted octanol–water partition coefficient (Wildman–Crippen LogP) is 2.43. The van der Waals surface area contributed by atoms with Gasteiger partial charge in [-0.3, -0.25) is 9.59 Å². The van der Waals surface area contributed by atoms with Gasteiger partial charge in [-0.25, -0.2) is 9.97 Å². The Bertz CT molecular complexity index is 843. The number of carbonyl (C=O) groups is 2. The normalized spacial score (nSPS) is 10.6. The molecule has 2 aromatic heterocycles. The van der Waals surface area contributed by atoms with Crippen LogP contribution in [-0.2, 0) is 16.0 Å². The summed E-state index contributed by atoms with van der Waals surface area (Å²) in [5.74, 6) is 1.15. The highest BCUT2D eigenvalue weighted by Crippen LogP contribution is 2.11. The lowest BCUT2D eigenvalue weighted by molar-refractivity contribution is -0.121. The van der Waals surface area contributed by atoms with Crippen molar-refractivity contribution >= 4 is 28.7 Å². The topological polar surface area (TPSA) is 99.8 Å². The van der Waals surface area contributed by atoms with Crippen molar-refractivity contribution in [3.63, 3.8) is 0 Å². The van der Waals surface area contributed by atoms with E-state index in [0.29, 0.717) is 31.6 Å². The molecule has 0 spiro atoms. The molecule has 26 heavy (non-hydrogen) atoms. The maximum atomic E-state index is 11.9. The zero-order chi connectivity index (χ0) is 18.2. The van der Waals surface area contributed by atoms with E-state index in [0.717, 1.165) is 16.9 Å². The van der Waals surface area contributed by atoms with E-state index < -0.39 is 0 Å². The fourth-order valence-corrected chi connectivity index (χ4v) is 2.59. The summed E-state index contributed by atoms with van der Waals surface area (Å²) in [6.45, 7) is 0.308. The number of aryl methyl sites for hydroxylation is 1. The molecule has 0 bridgehead atoms. The molecule has 0 saturated carbocycles. The Labute approximate surface area is 151 Å². The summed E-state index contributed by atoms with van der Waals surface area (Å²) < 4.78 is 0. The molecule has 3 aromatic rings. The molecule has 7 nitrogen and oxygen atoms in total. The number of benzene rings is 1. The first-order valence-corrected chi connectivity index (χ1v) is 8.62. The third-order valence-electron chi connectivity index (χ3n) is 3.86. The Morgan fingerprint density at radius 3 is 2.65 bits per heavy atom. The number of rotatable bonds is 8. The number of nitrogens with one attached hydrogen (secondary N) is 3. The molecule has 0 aliphatic carbocycles. The molecule has 0 unspecified atom stereocenters. The summed E-state index contributed by atoms with van der Waals surface area (Å²) in [6.07, 6.45) is 3.64. The minimum atomic E-state index is -0.175.